The molecular weight excluding hydrogens is 1670 g/mol. The zero-order chi connectivity index (χ0) is 84.8. The molecule has 0 amide bonds. The Morgan fingerprint density at radius 3 is 1.09 bits per heavy atom. The fourth-order valence-corrected chi connectivity index (χ4v) is 85.2. The molecule has 4 bridgehead atoms. The first-order valence-electron chi connectivity index (χ1n) is 49.5. The van der Waals surface area contributed by atoms with Gasteiger partial charge in [0.05, 0.1) is 11.0 Å². The molecule has 132 heavy (non-hydrogen) atoms. The van der Waals surface area contributed by atoms with Gasteiger partial charge in [0.15, 0.2) is 0 Å². The number of rotatable bonds is 6. The van der Waals surface area contributed by atoms with E-state index in [0.29, 0.717) is 20.8 Å². The first-order valence-corrected chi connectivity index (χ1v) is 60.1. The molecule has 0 aliphatic carbocycles. The van der Waals surface area contributed by atoms with Crippen molar-refractivity contribution in [2.45, 2.75) is 13.8 Å². The minimum atomic E-state index is -1.92. The number of fused-ring (bicyclic) bond motifs is 30. The minimum absolute atomic E-state index is 0.204. The molecule has 0 atom stereocenters. The third-order valence-corrected chi connectivity index (χ3v) is 77.3. The zero-order valence-corrected chi connectivity index (χ0v) is 77.0. The predicted octanol–water partition coefficient (Wildman–Crippen LogP) is 8.06. The van der Waals surface area contributed by atoms with Crippen molar-refractivity contribution in [3.05, 3.63) is 327 Å². The van der Waals surface area contributed by atoms with Crippen LogP contribution in [0.1, 0.15) is 11.1 Å². The van der Waals surface area contributed by atoms with E-state index in [1.54, 1.807) is 16.1 Å². The average Bonchev–Trinajstić information content (AvgIpc) is 1.33. The summed E-state index contributed by atoms with van der Waals surface area (Å²) in [6.07, 6.45) is 5.14. The van der Waals surface area contributed by atoms with Gasteiger partial charge in [-0.25, -0.2) is 0 Å². The van der Waals surface area contributed by atoms with Crippen molar-refractivity contribution in [3.63, 3.8) is 0 Å². The van der Waals surface area contributed by atoms with Gasteiger partial charge in [-0.05, 0) is 100 Å². The quantitative estimate of drug-likeness (QED) is 0.130. The molecule has 2 N–H and O–H groups in total. The van der Waals surface area contributed by atoms with E-state index in [4.69, 9.17) is 28.7 Å². The van der Waals surface area contributed by atoms with Gasteiger partial charge < -0.3 is 18.6 Å². The Balaban J connectivity index is 0.0000000759. The topological polar surface area (TPSA) is 80.7 Å². The summed E-state index contributed by atoms with van der Waals surface area (Å²) in [6.45, 7) is 11.6. The number of ether oxygens (including phenoxy) is 4. The molecule has 4 aromatic heterocycles. The van der Waals surface area contributed by atoms with E-state index in [1.165, 1.54) is 194 Å². The first-order chi connectivity index (χ1) is 65.0. The molecule has 34 heteroatoms. The molecule has 598 valence electrons. The van der Waals surface area contributed by atoms with Crippen molar-refractivity contribution in [1.82, 2.24) is 28.0 Å². The number of nitrogens with one attached hydrogen (secondary N) is 2. The van der Waals surface area contributed by atoms with Gasteiger partial charge in [-0.2, -0.15) is 0 Å². The Bertz CT molecular complexity index is 9270. The van der Waals surface area contributed by atoms with Gasteiger partial charge in [-0.3, -0.25) is 0 Å². The molecule has 0 saturated carbocycles. The Hall–Kier alpha value is -11.1. The second-order valence-corrected chi connectivity index (χ2v) is 69.3. The molecule has 42 rings (SSSR count). The van der Waals surface area contributed by atoms with Gasteiger partial charge in [0.25, 0.3) is 13.4 Å². The summed E-state index contributed by atoms with van der Waals surface area (Å²) < 4.78 is 36.4. The summed E-state index contributed by atoms with van der Waals surface area (Å²) in [4.78, 5) is 9.65. The SMILES string of the molecule is Cc1ccc2c(c1)Oc1cccc3c1B2c1cccc2c4ccccc4n-3c12.Cc1cccc2c1Oc1cccc3c1B2c1cccc2c4ccccc4n-3c12.[B]1B2B3[BH2-]P123NP12(c3ccc4c(c3)B3c5c(cccc5-n5c6ccccc6c6cccc3c65)O4)B3[BH2-]B1B32.[B]1B2B3[BH2-]P123NP12(c3cccc4c3B3c5c(cccc5-n5c6ccccc6c6cccc3c65)O4)B3[BH2-]B1B32. The summed E-state index contributed by atoms with van der Waals surface area (Å²) >= 11 is 0. The van der Waals surface area contributed by atoms with Crippen LogP contribution >= 0.6 is 25.3 Å². The summed E-state index contributed by atoms with van der Waals surface area (Å²) in [5.41, 5.74) is 34.5. The number of benzene rings is 16. The van der Waals surface area contributed by atoms with Gasteiger partial charge in [0.2, 0.25) is 0 Å². The number of hydrogen-bond acceptors (Lipinski definition) is 6. The molecule has 20 aromatic rings. The fraction of sp³-hybridized carbons (Fsp3) is 0.0204. The van der Waals surface area contributed by atoms with Crippen LogP contribution in [0.25, 0.3) is 110 Å². The molecule has 16 aromatic carbocycles. The van der Waals surface area contributed by atoms with Crippen LogP contribution in [-0.2, 0) is 0 Å². The van der Waals surface area contributed by atoms with Crippen molar-refractivity contribution in [1.29, 1.82) is 0 Å². The van der Waals surface area contributed by atoms with Crippen molar-refractivity contribution in [2.24, 2.45) is 0 Å². The van der Waals surface area contributed by atoms with Crippen molar-refractivity contribution < 1.29 is 18.9 Å². The molecule has 22 aliphatic heterocycles. The molecule has 14 fully saturated rings. The summed E-state index contributed by atoms with van der Waals surface area (Å²) in [5.74, 6) is 8.25. The third kappa shape index (κ3) is 7.32. The summed E-state index contributed by atoms with van der Waals surface area (Å²) in [6, 6.07) is 117. The monoisotopic (exact) mass is 1740 g/mol. The maximum atomic E-state index is 6.89. The fourth-order valence-electron chi connectivity index (χ4n) is 34.9. The van der Waals surface area contributed by atoms with Crippen molar-refractivity contribution in [3.8, 4) is 68.7 Å². The number of nitrogens with zero attached hydrogens (tertiary/aromatic N) is 4. The van der Waals surface area contributed by atoms with E-state index in [2.05, 4.69) is 361 Å². The molecule has 0 unspecified atom stereocenters. The standard InChI is InChI=1S/2C25H16BNO.2C24H18B9N2OP2/c1-15-7-4-11-19-25(15)28-22-14-6-13-21-23(22)26(19)18-10-5-9-17-16-8-2-3-12-20(16)27(21)24(17)18;1-15-12-13-18-23(14-15)28-22-11-5-10-21-24(22)26(18)19-8-4-7-17-16-6-2-3-9-20(16)27(21)25(17)19;1-2-9-17-14(6-1)15-7-3-8-16-24(15)35(17)18-10-4-11-19-22(18)28(16)23-20(36-19)12-5-13-21(23)37(29-25-30(37)33(29)37)34-38-26-31(38)32(38)27-38;1-2-8-19-15(5-1)16-6-3-7-17-24(16)35(19)20-9-4-10-22-23(20)28(17)18-13-14(11-12-21(18)36-22)37(29-25-30(37)33(29)37)34-38-26-31(38)32(38)27-38/h2*2-14H,1H3;2*1-13,34H,25-26H2/q;;2*-2. The Labute approximate surface area is 769 Å². The van der Waals surface area contributed by atoms with Crippen LogP contribution in [0, 0.1) is 13.8 Å². The molecule has 10 nitrogen and oxygen atoms in total. The second kappa shape index (κ2) is 21.8. The van der Waals surface area contributed by atoms with Crippen LogP contribution in [0.4, 0.5) is 0 Å². The van der Waals surface area contributed by atoms with Crippen LogP contribution in [0.15, 0.2) is 315 Å². The predicted molar refractivity (Wildman–Crippen MR) is 594 cm³/mol. The number of aromatic nitrogens is 4. The van der Waals surface area contributed by atoms with Crippen LogP contribution in [0.3, 0.4) is 0 Å². The van der Waals surface area contributed by atoms with Gasteiger partial charge in [0.1, 0.15) is 23.0 Å². The van der Waals surface area contributed by atoms with E-state index >= 15 is 0 Å². The molecule has 2 spiro atoms. The number of para-hydroxylation sites is 9. The van der Waals surface area contributed by atoms with Crippen LogP contribution in [0.2, 0.25) is 0 Å². The van der Waals surface area contributed by atoms with Crippen LogP contribution in [0.5, 0.6) is 46.0 Å². The van der Waals surface area contributed by atoms with Gasteiger partial charge in [-0.1, -0.05) is 115 Å². The summed E-state index contributed by atoms with van der Waals surface area (Å²) in [7, 11) is 0.604. The van der Waals surface area contributed by atoms with E-state index < -0.39 is 25.3 Å². The van der Waals surface area contributed by atoms with Gasteiger partial charge in [-0.15, -0.1) is 0 Å². The van der Waals surface area contributed by atoms with E-state index in [1.807, 2.05) is 0 Å². The molecule has 14 saturated heterocycles. The van der Waals surface area contributed by atoms with E-state index in [-0.39, 0.29) is 33.9 Å². The zero-order valence-electron chi connectivity index (χ0n) is 73.5. The molecule has 22 aliphatic rings. The normalized spacial score (nSPS) is 21.3. The Morgan fingerprint density at radius 2 is 0.652 bits per heavy atom. The number of aryl methyl sites for hydroxylation is 2. The van der Waals surface area contributed by atoms with E-state index in [0.717, 1.165) is 95.7 Å². The third-order valence-electron chi connectivity index (χ3n) is 41.5. The average molecular weight is 1730 g/mol. The second-order valence-electron chi connectivity index (χ2n) is 45.1. The molecule has 26 heterocycles. The Kier molecular flexibility index (Phi) is 11.6. The molecular formula is C98H68B20N6O4P4-4. The Morgan fingerprint density at radius 1 is 0.288 bits per heavy atom. The van der Waals surface area contributed by atoms with Gasteiger partial charge in [0, 0.05) is 44.0 Å². The maximum absolute atomic E-state index is 6.89. The first kappa shape index (κ1) is 70.6. The van der Waals surface area contributed by atoms with Gasteiger partial charge >= 0.3 is 450 Å². The molecule has 2 radical (unpaired) electrons. The number of hydrogen-bond donors (Lipinski definition) is 2. The van der Waals surface area contributed by atoms with Crippen molar-refractivity contribution in [2.75, 3.05) is 0 Å². The van der Waals surface area contributed by atoms with E-state index in [9.17, 15) is 0 Å². The van der Waals surface area contributed by atoms with Crippen LogP contribution in [-0.4, -0.2) is 149 Å². The summed E-state index contributed by atoms with van der Waals surface area (Å²) in [5, 5.41) is 14.3. The van der Waals surface area contributed by atoms with Crippen LogP contribution < -0.4 is 105 Å². The van der Waals surface area contributed by atoms with Crippen molar-refractivity contribution >= 4 is 319 Å².